The molecule has 0 amide bonds. The van der Waals surface area contributed by atoms with Crippen molar-refractivity contribution in [2.45, 2.75) is 116 Å². The number of rotatable bonds is 18. The Morgan fingerprint density at radius 1 is 0.586 bits per heavy atom. The van der Waals surface area contributed by atoms with E-state index in [0.717, 1.165) is 0 Å². The van der Waals surface area contributed by atoms with Crippen molar-refractivity contribution in [2.75, 3.05) is 20.6 Å². The van der Waals surface area contributed by atoms with E-state index in [-0.39, 0.29) is 0 Å². The van der Waals surface area contributed by atoms with Crippen molar-refractivity contribution in [1.82, 2.24) is 4.90 Å². The van der Waals surface area contributed by atoms with E-state index < -0.39 is 0 Å². The normalized spacial score (nSPS) is 10.8. The molecule has 0 aliphatic carbocycles. The van der Waals surface area contributed by atoms with Crippen molar-refractivity contribution in [3.8, 4) is 0 Å². The van der Waals surface area contributed by atoms with E-state index in [2.05, 4.69) is 25.9 Å². The first-order valence-corrected chi connectivity index (χ1v) is 13.0. The molecule has 170 valence electrons. The van der Waals surface area contributed by atoms with Crippen molar-refractivity contribution < 1.29 is 0 Å². The molecule has 0 radical (unpaired) electrons. The Labute approximate surface area is 188 Å². The number of hydrogen-bond acceptors (Lipinski definition) is 1. The SMILES string of the molecule is CCCCCCCCCCCCCCCCCCN(C)C.ClCc1ccccc1. The van der Waals surface area contributed by atoms with Crippen LogP contribution < -0.4 is 0 Å². The van der Waals surface area contributed by atoms with Crippen LogP contribution in [0.1, 0.15) is 115 Å². The zero-order valence-electron chi connectivity index (χ0n) is 19.9. The second-order valence-corrected chi connectivity index (χ2v) is 8.99. The minimum atomic E-state index is 0.612. The van der Waals surface area contributed by atoms with Gasteiger partial charge in [0.05, 0.1) is 0 Å². The van der Waals surface area contributed by atoms with E-state index in [9.17, 15) is 0 Å². The maximum absolute atomic E-state index is 5.53. The number of benzene rings is 1. The van der Waals surface area contributed by atoms with Gasteiger partial charge in [0.15, 0.2) is 0 Å². The zero-order chi connectivity index (χ0) is 21.4. The monoisotopic (exact) mass is 423 g/mol. The standard InChI is InChI=1S/C20H43N.C7H7Cl/c1-4-5-6-7-8-9-10-11-12-13-14-15-16-17-18-19-20-21(2)3;8-6-7-4-2-1-3-5-7/h4-20H2,1-3H3;1-5H,6H2. The van der Waals surface area contributed by atoms with Gasteiger partial charge in [-0.25, -0.2) is 0 Å². The van der Waals surface area contributed by atoms with Crippen LogP contribution in [0.15, 0.2) is 30.3 Å². The van der Waals surface area contributed by atoms with Gasteiger partial charge in [-0.1, -0.05) is 134 Å². The maximum atomic E-state index is 5.53. The highest BCUT2D eigenvalue weighted by atomic mass is 35.5. The summed E-state index contributed by atoms with van der Waals surface area (Å²) in [7, 11) is 4.34. The molecule has 29 heavy (non-hydrogen) atoms. The van der Waals surface area contributed by atoms with Gasteiger partial charge < -0.3 is 4.90 Å². The Kier molecular flexibility index (Phi) is 23.3. The van der Waals surface area contributed by atoms with Crippen LogP contribution in [-0.2, 0) is 5.88 Å². The molecule has 1 aromatic rings. The Balaban J connectivity index is 0.000000807. The molecular weight excluding hydrogens is 374 g/mol. The zero-order valence-corrected chi connectivity index (χ0v) is 20.7. The quantitative estimate of drug-likeness (QED) is 0.168. The summed E-state index contributed by atoms with van der Waals surface area (Å²) in [5, 5.41) is 0. The molecule has 0 spiro atoms. The Morgan fingerprint density at radius 2 is 0.966 bits per heavy atom. The minimum Gasteiger partial charge on any atom is -0.309 e. The summed E-state index contributed by atoms with van der Waals surface area (Å²) in [5.74, 6) is 0.612. The fourth-order valence-electron chi connectivity index (χ4n) is 3.54. The van der Waals surface area contributed by atoms with Crippen LogP contribution in [0.5, 0.6) is 0 Å². The fraction of sp³-hybridized carbons (Fsp3) is 0.778. The van der Waals surface area contributed by atoms with Crippen LogP contribution in [0.3, 0.4) is 0 Å². The third-order valence-corrected chi connectivity index (χ3v) is 5.76. The van der Waals surface area contributed by atoms with Crippen LogP contribution in [0.4, 0.5) is 0 Å². The van der Waals surface area contributed by atoms with E-state index in [0.29, 0.717) is 5.88 Å². The van der Waals surface area contributed by atoms with Gasteiger partial charge in [-0.3, -0.25) is 0 Å². The molecule has 0 unspecified atom stereocenters. The van der Waals surface area contributed by atoms with Gasteiger partial charge in [0.2, 0.25) is 0 Å². The van der Waals surface area contributed by atoms with Crippen LogP contribution in [0.25, 0.3) is 0 Å². The lowest BCUT2D eigenvalue weighted by Crippen LogP contribution is -2.12. The van der Waals surface area contributed by atoms with E-state index in [4.69, 9.17) is 11.6 Å². The lowest BCUT2D eigenvalue weighted by Gasteiger charge is -2.08. The molecule has 0 fully saturated rings. The van der Waals surface area contributed by atoms with Gasteiger partial charge in [-0.05, 0) is 32.6 Å². The first-order valence-electron chi connectivity index (χ1n) is 12.4. The highest BCUT2D eigenvalue weighted by molar-refractivity contribution is 6.17. The van der Waals surface area contributed by atoms with Crippen molar-refractivity contribution in [3.63, 3.8) is 0 Å². The number of unbranched alkanes of at least 4 members (excludes halogenated alkanes) is 15. The third kappa shape index (κ3) is 23.6. The second kappa shape index (κ2) is 23.7. The summed E-state index contributed by atoms with van der Waals surface area (Å²) in [6.07, 6.45) is 23.3. The Morgan fingerprint density at radius 3 is 1.28 bits per heavy atom. The van der Waals surface area contributed by atoms with Crippen molar-refractivity contribution in [1.29, 1.82) is 0 Å². The summed E-state index contributed by atoms with van der Waals surface area (Å²) in [5.41, 5.74) is 1.18. The molecule has 0 N–H and O–H groups in total. The van der Waals surface area contributed by atoms with Crippen molar-refractivity contribution >= 4 is 11.6 Å². The maximum Gasteiger partial charge on any atom is 0.0474 e. The van der Waals surface area contributed by atoms with Gasteiger partial charge in [0, 0.05) is 5.88 Å². The van der Waals surface area contributed by atoms with Crippen LogP contribution in [-0.4, -0.2) is 25.5 Å². The highest BCUT2D eigenvalue weighted by Gasteiger charge is 1.95. The van der Waals surface area contributed by atoms with E-state index >= 15 is 0 Å². The summed E-state index contributed by atoms with van der Waals surface area (Å²) >= 11 is 5.53. The summed E-state index contributed by atoms with van der Waals surface area (Å²) in [6, 6.07) is 9.96. The predicted octanol–water partition coefficient (Wildman–Crippen LogP) is 9.23. The molecule has 1 nitrogen and oxygen atoms in total. The largest absolute Gasteiger partial charge is 0.309 e. The first kappa shape index (κ1) is 28.5. The van der Waals surface area contributed by atoms with Crippen molar-refractivity contribution in [3.05, 3.63) is 35.9 Å². The highest BCUT2D eigenvalue weighted by Crippen LogP contribution is 2.13. The first-order chi connectivity index (χ1) is 14.2. The lowest BCUT2D eigenvalue weighted by molar-refractivity contribution is 0.389. The molecular formula is C27H50ClN. The minimum absolute atomic E-state index is 0.612. The number of halogens is 1. The van der Waals surface area contributed by atoms with Gasteiger partial charge >= 0.3 is 0 Å². The lowest BCUT2D eigenvalue weighted by atomic mass is 10.0. The van der Waals surface area contributed by atoms with E-state index in [1.165, 1.54) is 115 Å². The molecule has 2 heteroatoms. The molecule has 0 aliphatic heterocycles. The fourth-order valence-corrected chi connectivity index (χ4v) is 3.72. The third-order valence-electron chi connectivity index (χ3n) is 5.46. The summed E-state index contributed by atoms with van der Waals surface area (Å²) in [4.78, 5) is 2.30. The van der Waals surface area contributed by atoms with Crippen molar-refractivity contribution in [2.24, 2.45) is 0 Å². The summed E-state index contributed by atoms with van der Waals surface area (Å²) < 4.78 is 0. The van der Waals surface area contributed by atoms with E-state index in [1.807, 2.05) is 30.3 Å². The molecule has 0 atom stereocenters. The van der Waals surface area contributed by atoms with Gasteiger partial charge in [0.25, 0.3) is 0 Å². The molecule has 0 saturated heterocycles. The second-order valence-electron chi connectivity index (χ2n) is 8.73. The van der Waals surface area contributed by atoms with Crippen LogP contribution in [0.2, 0.25) is 0 Å². The predicted molar refractivity (Wildman–Crippen MR) is 134 cm³/mol. The molecule has 1 rings (SSSR count). The molecule has 0 heterocycles. The number of hydrogen-bond donors (Lipinski definition) is 0. The molecule has 0 bridgehead atoms. The number of alkyl halides is 1. The van der Waals surface area contributed by atoms with Gasteiger partial charge in [-0.2, -0.15) is 0 Å². The van der Waals surface area contributed by atoms with Gasteiger partial charge in [0.1, 0.15) is 0 Å². The van der Waals surface area contributed by atoms with Crippen LogP contribution >= 0.6 is 11.6 Å². The topological polar surface area (TPSA) is 3.24 Å². The van der Waals surface area contributed by atoms with Crippen LogP contribution in [0, 0.1) is 0 Å². The average Bonchev–Trinajstić information content (AvgIpc) is 2.74. The summed E-state index contributed by atoms with van der Waals surface area (Å²) in [6.45, 7) is 3.56. The Hall–Kier alpha value is -0.530. The smallest absolute Gasteiger partial charge is 0.0474 e. The molecule has 0 saturated carbocycles. The van der Waals surface area contributed by atoms with E-state index in [1.54, 1.807) is 0 Å². The number of nitrogens with zero attached hydrogens (tertiary/aromatic N) is 1. The molecule has 1 aromatic carbocycles. The molecule has 0 aliphatic rings. The Bertz CT molecular complexity index is 404. The van der Waals surface area contributed by atoms with Gasteiger partial charge in [-0.15, -0.1) is 11.6 Å². The molecule has 0 aromatic heterocycles. The average molecular weight is 424 g/mol.